The summed E-state index contributed by atoms with van der Waals surface area (Å²) in [5.41, 5.74) is 2.60. The topological polar surface area (TPSA) is 66.4 Å². The normalized spacial score (nSPS) is 32.5. The molecule has 6 heteroatoms. The summed E-state index contributed by atoms with van der Waals surface area (Å²) in [6.45, 7) is 1.98. The van der Waals surface area contributed by atoms with E-state index in [1.807, 2.05) is 4.90 Å². The number of rotatable bonds is 5. The smallest absolute Gasteiger partial charge is 0.315 e. The number of likely N-dealkylation sites (tertiary alicyclic amines) is 1. The van der Waals surface area contributed by atoms with Crippen LogP contribution in [0.1, 0.15) is 62.8 Å². The van der Waals surface area contributed by atoms with Crippen LogP contribution in [0.4, 0.5) is 4.79 Å². The fraction of sp³-hybridized carbons (Fsp3) is 0.630. The Morgan fingerprint density at radius 3 is 2.48 bits per heavy atom. The molecule has 6 nitrogen and oxygen atoms in total. The van der Waals surface area contributed by atoms with Gasteiger partial charge in [-0.1, -0.05) is 18.2 Å². The van der Waals surface area contributed by atoms with Crippen LogP contribution in [0.5, 0.6) is 0 Å². The van der Waals surface area contributed by atoms with Crippen LogP contribution in [0.25, 0.3) is 10.9 Å². The van der Waals surface area contributed by atoms with Gasteiger partial charge >= 0.3 is 6.03 Å². The lowest BCUT2D eigenvalue weighted by Crippen LogP contribution is -2.61. The quantitative estimate of drug-likeness (QED) is 0.722. The van der Waals surface area contributed by atoms with Gasteiger partial charge in [0.05, 0.1) is 0 Å². The van der Waals surface area contributed by atoms with Crippen LogP contribution < -0.4 is 10.6 Å². The molecule has 1 aliphatic heterocycles. The Morgan fingerprint density at radius 1 is 1.06 bits per heavy atom. The number of hydrogen-bond acceptors (Lipinski definition) is 2. The van der Waals surface area contributed by atoms with Crippen molar-refractivity contribution in [1.82, 2.24) is 20.1 Å². The third-order valence-electron chi connectivity index (χ3n) is 8.95. The second-order valence-corrected chi connectivity index (χ2v) is 11.4. The molecule has 7 rings (SSSR count). The second kappa shape index (κ2) is 8.07. The van der Waals surface area contributed by atoms with Gasteiger partial charge in [0.25, 0.3) is 0 Å². The van der Waals surface area contributed by atoms with E-state index in [9.17, 15) is 9.59 Å². The molecule has 0 radical (unpaired) electrons. The number of benzene rings is 1. The number of aryl methyl sites for hydroxylation is 1. The zero-order valence-electron chi connectivity index (χ0n) is 19.7. The van der Waals surface area contributed by atoms with Gasteiger partial charge in [-0.3, -0.25) is 4.79 Å². The maximum atomic E-state index is 12.8. The highest BCUT2D eigenvalue weighted by Gasteiger charge is 2.51. The van der Waals surface area contributed by atoms with Crippen LogP contribution in [0.2, 0.25) is 0 Å². The van der Waals surface area contributed by atoms with E-state index in [4.69, 9.17) is 0 Å². The molecule has 0 spiro atoms. The largest absolute Gasteiger partial charge is 0.350 e. The fourth-order valence-corrected chi connectivity index (χ4v) is 7.93. The molecular weight excluding hydrogens is 412 g/mol. The zero-order valence-corrected chi connectivity index (χ0v) is 19.7. The number of urea groups is 1. The lowest BCUT2D eigenvalue weighted by Gasteiger charge is -2.56. The Balaban J connectivity index is 0.993. The summed E-state index contributed by atoms with van der Waals surface area (Å²) >= 11 is 0. The molecule has 1 unspecified atom stereocenters. The van der Waals surface area contributed by atoms with E-state index in [-0.39, 0.29) is 17.5 Å². The van der Waals surface area contributed by atoms with Crippen LogP contribution >= 0.6 is 0 Å². The Bertz CT molecular complexity index is 1040. The Hall–Kier alpha value is -2.50. The number of aromatic nitrogens is 1. The van der Waals surface area contributed by atoms with Crippen LogP contribution in [0, 0.1) is 17.8 Å². The molecule has 5 fully saturated rings. The monoisotopic (exact) mass is 448 g/mol. The molecule has 4 aliphatic carbocycles. The van der Waals surface area contributed by atoms with Gasteiger partial charge in [-0.25, -0.2) is 4.79 Å². The van der Waals surface area contributed by atoms with E-state index in [0.717, 1.165) is 56.5 Å². The SMILES string of the molecule is Cn1cc(C2CCN(C(=O)CCNC(=O)NC34CC5CC(CC(C5)C3)C4)C2)c2ccccc21. The van der Waals surface area contributed by atoms with E-state index >= 15 is 0 Å². The highest BCUT2D eigenvalue weighted by atomic mass is 16.2. The number of carbonyl (C=O) groups is 2. The summed E-state index contributed by atoms with van der Waals surface area (Å²) in [7, 11) is 2.09. The van der Waals surface area contributed by atoms with Crippen molar-refractivity contribution in [2.45, 2.75) is 62.8 Å². The van der Waals surface area contributed by atoms with Crippen molar-refractivity contribution in [3.8, 4) is 0 Å². The first-order valence-electron chi connectivity index (χ1n) is 12.9. The maximum absolute atomic E-state index is 12.8. The number of nitrogens with one attached hydrogen (secondary N) is 2. The van der Waals surface area contributed by atoms with E-state index in [0.29, 0.717) is 18.9 Å². The van der Waals surface area contributed by atoms with Crippen LogP contribution in [-0.4, -0.2) is 46.6 Å². The minimum Gasteiger partial charge on any atom is -0.350 e. The van der Waals surface area contributed by atoms with Crippen molar-refractivity contribution in [2.24, 2.45) is 24.8 Å². The van der Waals surface area contributed by atoms with Gasteiger partial charge in [0.1, 0.15) is 0 Å². The number of carbonyl (C=O) groups excluding carboxylic acids is 2. The highest BCUT2D eigenvalue weighted by molar-refractivity contribution is 5.85. The minimum atomic E-state index is -0.0835. The zero-order chi connectivity index (χ0) is 22.6. The molecule has 4 saturated carbocycles. The Labute approximate surface area is 196 Å². The Morgan fingerprint density at radius 2 is 1.76 bits per heavy atom. The molecule has 33 heavy (non-hydrogen) atoms. The predicted molar refractivity (Wildman–Crippen MR) is 129 cm³/mol. The molecule has 2 aromatic rings. The van der Waals surface area contributed by atoms with Gasteiger partial charge in [-0.15, -0.1) is 0 Å². The average Bonchev–Trinajstić information content (AvgIpc) is 3.38. The maximum Gasteiger partial charge on any atom is 0.315 e. The molecule has 3 amide bonds. The van der Waals surface area contributed by atoms with Gasteiger partial charge in [-0.2, -0.15) is 0 Å². The molecule has 1 saturated heterocycles. The third-order valence-corrected chi connectivity index (χ3v) is 8.95. The highest BCUT2D eigenvalue weighted by Crippen LogP contribution is 2.55. The first kappa shape index (κ1) is 21.1. The fourth-order valence-electron chi connectivity index (χ4n) is 7.93. The van der Waals surface area contributed by atoms with E-state index in [2.05, 4.69) is 52.7 Å². The van der Waals surface area contributed by atoms with Gasteiger partial charge in [-0.05, 0) is 74.3 Å². The molecule has 1 aromatic carbocycles. The molecule has 5 aliphatic rings. The van der Waals surface area contributed by atoms with Crippen molar-refractivity contribution < 1.29 is 9.59 Å². The van der Waals surface area contributed by atoms with Crippen LogP contribution in [0.15, 0.2) is 30.5 Å². The van der Waals surface area contributed by atoms with E-state index < -0.39 is 0 Å². The van der Waals surface area contributed by atoms with Gasteiger partial charge in [0.2, 0.25) is 5.91 Å². The number of para-hydroxylation sites is 1. The number of nitrogens with zero attached hydrogens (tertiary/aromatic N) is 2. The lowest BCUT2D eigenvalue weighted by molar-refractivity contribution is -0.130. The van der Waals surface area contributed by atoms with Crippen LogP contribution in [-0.2, 0) is 11.8 Å². The first-order valence-corrected chi connectivity index (χ1v) is 12.9. The third kappa shape index (κ3) is 3.91. The molecule has 2 heterocycles. The predicted octanol–water partition coefficient (Wildman–Crippen LogP) is 4.15. The Kier molecular flexibility index (Phi) is 5.15. The molecule has 4 bridgehead atoms. The summed E-state index contributed by atoms with van der Waals surface area (Å²) in [4.78, 5) is 27.5. The van der Waals surface area contributed by atoms with Crippen molar-refractivity contribution in [1.29, 1.82) is 0 Å². The van der Waals surface area contributed by atoms with E-state index in [1.54, 1.807) is 0 Å². The summed E-state index contributed by atoms with van der Waals surface area (Å²) in [5, 5.41) is 7.61. The van der Waals surface area contributed by atoms with Crippen molar-refractivity contribution in [3.63, 3.8) is 0 Å². The standard InChI is InChI=1S/C27H36N4O2/c1-30-17-23(22-4-2-3-5-24(22)30)21-7-9-31(16-21)25(32)6-8-28-26(33)29-27-13-18-10-19(14-27)12-20(11-18)15-27/h2-5,17-21H,6-16H2,1H3,(H2,28,29,33). The molecule has 1 atom stereocenters. The summed E-state index contributed by atoms with van der Waals surface area (Å²) in [6.07, 6.45) is 11.1. The molecule has 2 N–H and O–H groups in total. The summed E-state index contributed by atoms with van der Waals surface area (Å²) in [6, 6.07) is 8.41. The minimum absolute atomic E-state index is 0.0173. The molecule has 1 aromatic heterocycles. The number of fused-ring (bicyclic) bond motifs is 1. The van der Waals surface area contributed by atoms with Gasteiger partial charge in [0.15, 0.2) is 0 Å². The molecule has 176 valence electrons. The van der Waals surface area contributed by atoms with Crippen LogP contribution in [0.3, 0.4) is 0 Å². The lowest BCUT2D eigenvalue weighted by atomic mass is 9.53. The first-order chi connectivity index (χ1) is 16.0. The molecular formula is C27H36N4O2. The second-order valence-electron chi connectivity index (χ2n) is 11.4. The van der Waals surface area contributed by atoms with E-state index in [1.165, 1.54) is 35.7 Å². The summed E-state index contributed by atoms with van der Waals surface area (Å²) in [5.74, 6) is 2.95. The number of hydrogen-bond donors (Lipinski definition) is 2. The number of amides is 3. The summed E-state index contributed by atoms with van der Waals surface area (Å²) < 4.78 is 2.18. The van der Waals surface area contributed by atoms with Crippen molar-refractivity contribution in [3.05, 3.63) is 36.0 Å². The van der Waals surface area contributed by atoms with Gasteiger partial charge in [0, 0.05) is 61.7 Å². The van der Waals surface area contributed by atoms with Gasteiger partial charge < -0.3 is 20.1 Å². The average molecular weight is 449 g/mol. The van der Waals surface area contributed by atoms with Crippen molar-refractivity contribution in [2.75, 3.05) is 19.6 Å². The van der Waals surface area contributed by atoms with Crippen molar-refractivity contribution >= 4 is 22.8 Å².